The lowest BCUT2D eigenvalue weighted by atomic mass is 10.2. The van der Waals surface area contributed by atoms with E-state index in [0.29, 0.717) is 11.9 Å². The van der Waals surface area contributed by atoms with Crippen molar-refractivity contribution in [1.82, 2.24) is 10.2 Å². The first-order valence-electron chi connectivity index (χ1n) is 5.33. The van der Waals surface area contributed by atoms with Crippen LogP contribution < -0.4 is 4.90 Å². The molecule has 0 aliphatic heterocycles. The number of hydrogen-bond donors (Lipinski definition) is 0. The predicted octanol–water partition coefficient (Wildman–Crippen LogP) is 3.00. The highest BCUT2D eigenvalue weighted by Crippen LogP contribution is 2.20. The summed E-state index contributed by atoms with van der Waals surface area (Å²) in [5.41, 5.74) is 0. The number of aromatic nitrogens is 2. The molecule has 1 rings (SSSR count). The fraction of sp³-hybridized carbons (Fsp3) is 0.800. The highest BCUT2D eigenvalue weighted by molar-refractivity contribution is 6.20. The molecule has 1 aromatic rings. The molecule has 0 bridgehead atoms. The van der Waals surface area contributed by atoms with E-state index in [1.807, 2.05) is 18.9 Å². The number of halogens is 1. The van der Waals surface area contributed by atoms with E-state index < -0.39 is 0 Å². The SMILES string of the molecule is CCCCCN(C)c1nnc(C(C)Cl)o1. The van der Waals surface area contributed by atoms with E-state index in [-0.39, 0.29) is 5.38 Å². The minimum atomic E-state index is -0.227. The Hall–Kier alpha value is -0.770. The zero-order valence-electron chi connectivity index (χ0n) is 9.53. The first-order valence-corrected chi connectivity index (χ1v) is 5.77. The van der Waals surface area contributed by atoms with Gasteiger partial charge in [-0.2, -0.15) is 0 Å². The van der Waals surface area contributed by atoms with Gasteiger partial charge < -0.3 is 9.32 Å². The molecule has 0 N–H and O–H groups in total. The Labute approximate surface area is 95.6 Å². The Kier molecular flexibility index (Phi) is 4.88. The monoisotopic (exact) mass is 231 g/mol. The molecule has 0 aromatic carbocycles. The second-order valence-corrected chi connectivity index (χ2v) is 4.32. The Balaban J connectivity index is 2.47. The summed E-state index contributed by atoms with van der Waals surface area (Å²) < 4.78 is 5.41. The van der Waals surface area contributed by atoms with Crippen molar-refractivity contribution in [1.29, 1.82) is 0 Å². The molecule has 1 unspecified atom stereocenters. The van der Waals surface area contributed by atoms with Crippen molar-refractivity contribution >= 4 is 17.6 Å². The lowest BCUT2D eigenvalue weighted by molar-refractivity contribution is 0.487. The van der Waals surface area contributed by atoms with Crippen LogP contribution in [0.25, 0.3) is 0 Å². The van der Waals surface area contributed by atoms with E-state index in [2.05, 4.69) is 17.1 Å². The first-order chi connectivity index (χ1) is 7.15. The van der Waals surface area contributed by atoms with E-state index >= 15 is 0 Å². The molecule has 1 heterocycles. The van der Waals surface area contributed by atoms with Crippen LogP contribution in [0.4, 0.5) is 6.01 Å². The zero-order chi connectivity index (χ0) is 11.3. The maximum atomic E-state index is 5.83. The quantitative estimate of drug-likeness (QED) is 0.558. The van der Waals surface area contributed by atoms with E-state index in [0.717, 1.165) is 13.0 Å². The van der Waals surface area contributed by atoms with Crippen molar-refractivity contribution in [3.05, 3.63) is 5.89 Å². The third-order valence-corrected chi connectivity index (χ3v) is 2.38. The largest absolute Gasteiger partial charge is 0.406 e. The molecule has 0 aliphatic rings. The Bertz CT molecular complexity index is 288. The van der Waals surface area contributed by atoms with Crippen molar-refractivity contribution in [3.8, 4) is 0 Å². The summed E-state index contributed by atoms with van der Waals surface area (Å²) in [5, 5.41) is 7.59. The number of anilines is 1. The molecule has 0 saturated heterocycles. The summed E-state index contributed by atoms with van der Waals surface area (Å²) in [6.45, 7) is 4.93. The summed E-state index contributed by atoms with van der Waals surface area (Å²) in [6, 6.07) is 0.550. The van der Waals surface area contributed by atoms with Gasteiger partial charge in [0.05, 0.1) is 0 Å². The molecule has 5 heteroatoms. The van der Waals surface area contributed by atoms with E-state index in [9.17, 15) is 0 Å². The van der Waals surface area contributed by atoms with E-state index in [1.54, 1.807) is 0 Å². The van der Waals surface area contributed by atoms with Gasteiger partial charge >= 0.3 is 6.01 Å². The Morgan fingerprint density at radius 3 is 2.67 bits per heavy atom. The molecule has 0 fully saturated rings. The molecule has 4 nitrogen and oxygen atoms in total. The van der Waals surface area contributed by atoms with Gasteiger partial charge in [0.1, 0.15) is 5.38 Å². The second-order valence-electron chi connectivity index (χ2n) is 3.67. The number of nitrogens with zero attached hydrogens (tertiary/aromatic N) is 3. The van der Waals surface area contributed by atoms with Crippen molar-refractivity contribution in [2.24, 2.45) is 0 Å². The third-order valence-electron chi connectivity index (χ3n) is 2.19. The average Bonchev–Trinajstić information content (AvgIpc) is 2.66. The van der Waals surface area contributed by atoms with Crippen LogP contribution >= 0.6 is 11.6 Å². The van der Waals surface area contributed by atoms with Crippen molar-refractivity contribution in [2.45, 2.75) is 38.5 Å². The summed E-state index contributed by atoms with van der Waals surface area (Å²) in [4.78, 5) is 1.96. The molecule has 0 amide bonds. The fourth-order valence-corrected chi connectivity index (χ4v) is 1.32. The maximum absolute atomic E-state index is 5.83. The summed E-state index contributed by atoms with van der Waals surface area (Å²) in [6.07, 6.45) is 3.57. The normalized spacial score (nSPS) is 12.8. The molecule has 1 atom stereocenters. The van der Waals surface area contributed by atoms with Gasteiger partial charge in [-0.1, -0.05) is 24.9 Å². The summed E-state index contributed by atoms with van der Waals surface area (Å²) in [7, 11) is 1.95. The van der Waals surface area contributed by atoms with Gasteiger partial charge in [0.25, 0.3) is 0 Å². The summed E-state index contributed by atoms with van der Waals surface area (Å²) >= 11 is 5.83. The molecule has 0 aliphatic carbocycles. The zero-order valence-corrected chi connectivity index (χ0v) is 10.3. The molecule has 0 saturated carbocycles. The van der Waals surface area contributed by atoms with Gasteiger partial charge in [0.2, 0.25) is 5.89 Å². The predicted molar refractivity (Wildman–Crippen MR) is 61.4 cm³/mol. The minimum absolute atomic E-state index is 0.227. The van der Waals surface area contributed by atoms with Crippen LogP contribution in [0.3, 0.4) is 0 Å². The second kappa shape index (κ2) is 5.95. The smallest absolute Gasteiger partial charge is 0.317 e. The fourth-order valence-electron chi connectivity index (χ4n) is 1.24. The van der Waals surface area contributed by atoms with Crippen LogP contribution in [0.1, 0.15) is 44.4 Å². The van der Waals surface area contributed by atoms with Gasteiger partial charge in [-0.05, 0) is 13.3 Å². The molecule has 0 radical (unpaired) electrons. The number of unbranched alkanes of at least 4 members (excludes halogenated alkanes) is 2. The van der Waals surface area contributed by atoms with E-state index in [1.165, 1.54) is 12.8 Å². The standard InChI is InChI=1S/C10H18ClN3O/c1-4-5-6-7-14(3)10-13-12-9(15-10)8(2)11/h8H,4-7H2,1-3H3. The van der Waals surface area contributed by atoms with Crippen LogP contribution in [0, 0.1) is 0 Å². The third kappa shape index (κ3) is 3.70. The molecular weight excluding hydrogens is 214 g/mol. The first kappa shape index (κ1) is 12.3. The molecule has 1 aromatic heterocycles. The lowest BCUT2D eigenvalue weighted by Gasteiger charge is -2.12. The van der Waals surface area contributed by atoms with Gasteiger partial charge in [-0.3, -0.25) is 0 Å². The topological polar surface area (TPSA) is 42.2 Å². The van der Waals surface area contributed by atoms with Gasteiger partial charge in [-0.25, -0.2) is 0 Å². The van der Waals surface area contributed by atoms with Crippen LogP contribution in [0.5, 0.6) is 0 Å². The average molecular weight is 232 g/mol. The number of alkyl halides is 1. The van der Waals surface area contributed by atoms with Gasteiger partial charge in [0, 0.05) is 13.6 Å². The molecule has 15 heavy (non-hydrogen) atoms. The highest BCUT2D eigenvalue weighted by Gasteiger charge is 2.13. The van der Waals surface area contributed by atoms with Crippen molar-refractivity contribution in [3.63, 3.8) is 0 Å². The van der Waals surface area contributed by atoms with Crippen molar-refractivity contribution in [2.75, 3.05) is 18.5 Å². The summed E-state index contributed by atoms with van der Waals surface area (Å²) in [5.74, 6) is 0.481. The molecule has 86 valence electrons. The van der Waals surface area contributed by atoms with Crippen LogP contribution in [-0.4, -0.2) is 23.8 Å². The molecular formula is C10H18ClN3O. The van der Waals surface area contributed by atoms with Crippen LogP contribution in [-0.2, 0) is 0 Å². The number of hydrogen-bond acceptors (Lipinski definition) is 4. The number of rotatable bonds is 6. The van der Waals surface area contributed by atoms with Crippen LogP contribution in [0.15, 0.2) is 4.42 Å². The van der Waals surface area contributed by atoms with E-state index in [4.69, 9.17) is 16.0 Å². The van der Waals surface area contributed by atoms with Gasteiger partial charge in [0.15, 0.2) is 0 Å². The lowest BCUT2D eigenvalue weighted by Crippen LogP contribution is -2.18. The minimum Gasteiger partial charge on any atom is -0.406 e. The maximum Gasteiger partial charge on any atom is 0.317 e. The highest BCUT2D eigenvalue weighted by atomic mass is 35.5. The van der Waals surface area contributed by atoms with Crippen LogP contribution in [0.2, 0.25) is 0 Å². The Morgan fingerprint density at radius 1 is 1.40 bits per heavy atom. The molecule has 0 spiro atoms. The Morgan fingerprint density at radius 2 is 2.13 bits per heavy atom. The van der Waals surface area contributed by atoms with Crippen molar-refractivity contribution < 1.29 is 4.42 Å². The van der Waals surface area contributed by atoms with Gasteiger partial charge in [-0.15, -0.1) is 16.7 Å².